The van der Waals surface area contributed by atoms with Gasteiger partial charge in [-0.05, 0) is 53.5 Å². The number of hydrogen-bond donors (Lipinski definition) is 0. The summed E-state index contributed by atoms with van der Waals surface area (Å²) in [6.45, 7) is 5.73. The highest BCUT2D eigenvalue weighted by Gasteiger charge is 2.22. The van der Waals surface area contributed by atoms with Gasteiger partial charge in [-0.1, -0.05) is 6.92 Å². The number of carbonyl (C=O) groups excluding carboxylic acids is 1. The number of benzene rings is 1. The van der Waals surface area contributed by atoms with Crippen LogP contribution < -0.4 is 4.90 Å². The number of anilines is 1. The summed E-state index contributed by atoms with van der Waals surface area (Å²) in [6.07, 6.45) is 3.29. The smallest absolute Gasteiger partial charge is 0.151 e. The minimum absolute atomic E-state index is 0.594. The molecule has 0 saturated carbocycles. The van der Waals surface area contributed by atoms with Crippen molar-refractivity contribution in [2.45, 2.75) is 25.8 Å². The summed E-state index contributed by atoms with van der Waals surface area (Å²) in [5.41, 5.74) is 1.88. The molecule has 1 aliphatic rings. The van der Waals surface area contributed by atoms with Gasteiger partial charge in [-0.25, -0.2) is 0 Å². The lowest BCUT2D eigenvalue weighted by molar-refractivity contribution is 0.112. The highest BCUT2D eigenvalue weighted by Crippen LogP contribution is 2.26. The summed E-state index contributed by atoms with van der Waals surface area (Å²) >= 11 is 3.45. The van der Waals surface area contributed by atoms with Gasteiger partial charge in [0.05, 0.1) is 0 Å². The normalized spacial score (nSPS) is 17.4. The van der Waals surface area contributed by atoms with Crippen LogP contribution in [0.3, 0.4) is 0 Å². The lowest BCUT2D eigenvalue weighted by Crippen LogP contribution is -2.43. The van der Waals surface area contributed by atoms with E-state index in [4.69, 9.17) is 0 Å². The van der Waals surface area contributed by atoms with E-state index in [1.165, 1.54) is 31.6 Å². The molecular weight excluding hydrogens is 304 g/mol. The first kappa shape index (κ1) is 14.5. The first-order valence-electron chi connectivity index (χ1n) is 6.85. The zero-order valence-electron chi connectivity index (χ0n) is 11.6. The Kier molecular flexibility index (Phi) is 4.99. The fourth-order valence-corrected chi connectivity index (χ4v) is 3.12. The lowest BCUT2D eigenvalue weighted by atomic mass is 10.0. The van der Waals surface area contributed by atoms with E-state index in [1.54, 1.807) is 0 Å². The second kappa shape index (κ2) is 6.53. The average Bonchev–Trinajstić information content (AvgIpc) is 2.46. The maximum atomic E-state index is 10.8. The van der Waals surface area contributed by atoms with Crippen LogP contribution in [0.5, 0.6) is 0 Å². The molecule has 0 bridgehead atoms. The summed E-state index contributed by atoms with van der Waals surface area (Å²) < 4.78 is 0.873. The van der Waals surface area contributed by atoms with Crippen molar-refractivity contribution < 1.29 is 4.79 Å². The number of piperidine rings is 1. The third-order valence-corrected chi connectivity index (χ3v) is 4.76. The molecule has 0 aromatic heterocycles. The SMILES string of the molecule is CCN1CCC(N(C)c2ccc(C=O)c(Br)c2)CC1. The standard InChI is InChI=1S/C15H21BrN2O/c1-3-18-8-6-13(7-9-18)17(2)14-5-4-12(11-19)15(16)10-14/h4-5,10-11,13H,3,6-9H2,1-2H3. The molecule has 1 fully saturated rings. The molecule has 1 aromatic carbocycles. The topological polar surface area (TPSA) is 23.6 Å². The molecule has 19 heavy (non-hydrogen) atoms. The number of likely N-dealkylation sites (tertiary alicyclic amines) is 1. The van der Waals surface area contributed by atoms with Gasteiger partial charge in [0.25, 0.3) is 0 Å². The fourth-order valence-electron chi connectivity index (χ4n) is 2.66. The van der Waals surface area contributed by atoms with E-state index < -0.39 is 0 Å². The molecule has 0 N–H and O–H groups in total. The zero-order valence-corrected chi connectivity index (χ0v) is 13.2. The summed E-state index contributed by atoms with van der Waals surface area (Å²) in [6, 6.07) is 6.54. The van der Waals surface area contributed by atoms with Crippen LogP contribution in [0.15, 0.2) is 22.7 Å². The molecule has 1 heterocycles. The van der Waals surface area contributed by atoms with Crippen molar-refractivity contribution in [1.29, 1.82) is 0 Å². The van der Waals surface area contributed by atoms with Gasteiger partial charge in [-0.3, -0.25) is 4.79 Å². The Bertz CT molecular complexity index is 442. The van der Waals surface area contributed by atoms with Gasteiger partial charge >= 0.3 is 0 Å². The zero-order chi connectivity index (χ0) is 13.8. The van der Waals surface area contributed by atoms with Crippen molar-refractivity contribution in [1.82, 2.24) is 4.90 Å². The Morgan fingerprint density at radius 3 is 2.63 bits per heavy atom. The Morgan fingerprint density at radius 2 is 2.11 bits per heavy atom. The van der Waals surface area contributed by atoms with Gasteiger partial charge in [0.2, 0.25) is 0 Å². The van der Waals surface area contributed by atoms with Gasteiger partial charge in [-0.15, -0.1) is 0 Å². The number of hydrogen-bond acceptors (Lipinski definition) is 3. The van der Waals surface area contributed by atoms with Gasteiger partial charge in [0.15, 0.2) is 6.29 Å². The number of nitrogens with zero attached hydrogens (tertiary/aromatic N) is 2. The van der Waals surface area contributed by atoms with Crippen LogP contribution >= 0.6 is 15.9 Å². The molecule has 0 atom stereocenters. The van der Waals surface area contributed by atoms with Crippen LogP contribution in [0.1, 0.15) is 30.1 Å². The summed E-state index contributed by atoms with van der Waals surface area (Å²) in [5.74, 6) is 0. The van der Waals surface area contributed by atoms with Crippen LogP contribution in [0.2, 0.25) is 0 Å². The molecule has 0 radical (unpaired) electrons. The Labute approximate surface area is 123 Å². The molecule has 2 rings (SSSR count). The first-order chi connectivity index (χ1) is 9.15. The number of aldehydes is 1. The highest BCUT2D eigenvalue weighted by atomic mass is 79.9. The molecule has 1 aromatic rings. The molecule has 0 unspecified atom stereocenters. The van der Waals surface area contributed by atoms with Crippen molar-refractivity contribution in [2.75, 3.05) is 31.6 Å². The number of rotatable bonds is 4. The monoisotopic (exact) mass is 324 g/mol. The van der Waals surface area contributed by atoms with E-state index >= 15 is 0 Å². The lowest BCUT2D eigenvalue weighted by Gasteiger charge is -2.37. The maximum Gasteiger partial charge on any atom is 0.151 e. The van der Waals surface area contributed by atoms with Gasteiger partial charge in [0.1, 0.15) is 0 Å². The largest absolute Gasteiger partial charge is 0.371 e. The van der Waals surface area contributed by atoms with E-state index in [9.17, 15) is 4.79 Å². The Morgan fingerprint density at radius 1 is 1.42 bits per heavy atom. The van der Waals surface area contributed by atoms with Crippen molar-refractivity contribution >= 4 is 27.9 Å². The van der Waals surface area contributed by atoms with Crippen LogP contribution in [0.25, 0.3) is 0 Å². The predicted octanol–water partition coefficient (Wildman–Crippen LogP) is 3.18. The third kappa shape index (κ3) is 3.37. The van der Waals surface area contributed by atoms with Gasteiger partial charge < -0.3 is 9.80 Å². The summed E-state index contributed by atoms with van der Waals surface area (Å²) in [5, 5.41) is 0. The second-order valence-electron chi connectivity index (χ2n) is 5.10. The van der Waals surface area contributed by atoms with E-state index in [0.717, 1.165) is 17.3 Å². The fraction of sp³-hybridized carbons (Fsp3) is 0.533. The van der Waals surface area contributed by atoms with Crippen molar-refractivity contribution in [3.05, 3.63) is 28.2 Å². The van der Waals surface area contributed by atoms with Crippen molar-refractivity contribution in [3.63, 3.8) is 0 Å². The second-order valence-corrected chi connectivity index (χ2v) is 5.95. The van der Waals surface area contributed by atoms with Crippen LogP contribution in [-0.2, 0) is 0 Å². The summed E-state index contributed by atoms with van der Waals surface area (Å²) in [7, 11) is 2.15. The molecular formula is C15H21BrN2O. The molecule has 0 amide bonds. The number of halogens is 1. The molecule has 0 spiro atoms. The van der Waals surface area contributed by atoms with Crippen molar-refractivity contribution in [3.8, 4) is 0 Å². The molecule has 1 saturated heterocycles. The Hall–Kier alpha value is -0.870. The summed E-state index contributed by atoms with van der Waals surface area (Å²) in [4.78, 5) is 15.7. The van der Waals surface area contributed by atoms with Gasteiger partial charge in [0, 0.05) is 41.9 Å². The predicted molar refractivity (Wildman–Crippen MR) is 83.1 cm³/mol. The number of carbonyl (C=O) groups is 1. The molecule has 0 aliphatic carbocycles. The van der Waals surface area contributed by atoms with Crippen LogP contribution in [0, 0.1) is 0 Å². The van der Waals surface area contributed by atoms with Gasteiger partial charge in [-0.2, -0.15) is 0 Å². The van der Waals surface area contributed by atoms with Crippen molar-refractivity contribution in [2.24, 2.45) is 0 Å². The molecule has 4 heteroatoms. The first-order valence-corrected chi connectivity index (χ1v) is 7.65. The Balaban J connectivity index is 2.05. The highest BCUT2D eigenvalue weighted by molar-refractivity contribution is 9.10. The quantitative estimate of drug-likeness (QED) is 0.795. The van der Waals surface area contributed by atoms with Crippen LogP contribution in [-0.4, -0.2) is 43.9 Å². The molecule has 104 valence electrons. The van der Waals surface area contributed by atoms with Crippen LogP contribution in [0.4, 0.5) is 5.69 Å². The minimum atomic E-state index is 0.594. The average molecular weight is 325 g/mol. The van der Waals surface area contributed by atoms with E-state index in [2.05, 4.69) is 39.7 Å². The van der Waals surface area contributed by atoms with E-state index in [-0.39, 0.29) is 0 Å². The maximum absolute atomic E-state index is 10.8. The van der Waals surface area contributed by atoms with E-state index in [1.807, 2.05) is 18.2 Å². The molecule has 3 nitrogen and oxygen atoms in total. The third-order valence-electron chi connectivity index (χ3n) is 4.07. The van der Waals surface area contributed by atoms with E-state index in [0.29, 0.717) is 11.6 Å². The molecule has 1 aliphatic heterocycles. The minimum Gasteiger partial charge on any atom is -0.371 e.